The number of hydrogen-bond acceptors (Lipinski definition) is 2. The summed E-state index contributed by atoms with van der Waals surface area (Å²) in [6.45, 7) is 0. The van der Waals surface area contributed by atoms with Crippen LogP contribution in [0.15, 0.2) is 36.8 Å². The second-order valence-electron chi connectivity index (χ2n) is 6.14. The number of hydrogen-bond donors (Lipinski definition) is 2. The smallest absolute Gasteiger partial charge is 0.405 e. The molecule has 0 aliphatic heterocycles. The van der Waals surface area contributed by atoms with Crippen molar-refractivity contribution < 1.29 is 9.90 Å². The Morgan fingerprint density at radius 1 is 1.29 bits per heavy atom. The molecule has 21 heavy (non-hydrogen) atoms. The third-order valence-electron chi connectivity index (χ3n) is 4.64. The molecule has 0 radical (unpaired) electrons. The molecular weight excluding hydrogens is 290 g/mol. The molecule has 1 aromatic carbocycles. The summed E-state index contributed by atoms with van der Waals surface area (Å²) in [5, 5.41) is 12.2. The first-order valence-electron chi connectivity index (χ1n) is 6.82. The first kappa shape index (κ1) is 12.7. The normalized spacial score (nSPS) is 29.4. The Hall–Kier alpha value is -2.01. The fraction of sp³-hybridized carbons (Fsp3) is 0.333. The van der Waals surface area contributed by atoms with Crippen molar-refractivity contribution in [3.05, 3.63) is 41.8 Å². The molecular formula is C15H14ClN3O2. The van der Waals surface area contributed by atoms with Gasteiger partial charge in [-0.2, -0.15) is 0 Å². The van der Waals surface area contributed by atoms with E-state index in [1.807, 2.05) is 36.8 Å². The molecule has 0 spiro atoms. The Morgan fingerprint density at radius 2 is 1.95 bits per heavy atom. The molecule has 108 valence electrons. The predicted octanol–water partition coefficient (Wildman–Crippen LogP) is 3.10. The summed E-state index contributed by atoms with van der Waals surface area (Å²) in [4.78, 5) is 15.2. The summed E-state index contributed by atoms with van der Waals surface area (Å²) in [7, 11) is 0. The average Bonchev–Trinajstić information content (AvgIpc) is 2.82. The van der Waals surface area contributed by atoms with Gasteiger partial charge in [-0.15, -0.1) is 0 Å². The number of rotatable bonds is 3. The SMILES string of the molecule is O=C(O)NC12CC(n3cnc(-c4ccc(Cl)cc4)c3)(C1)C2. The van der Waals surface area contributed by atoms with Gasteiger partial charge in [-0.25, -0.2) is 9.78 Å². The molecule has 6 heteroatoms. The molecule has 1 amide bonds. The van der Waals surface area contributed by atoms with Crippen molar-refractivity contribution in [2.75, 3.05) is 0 Å². The van der Waals surface area contributed by atoms with Crippen molar-refractivity contribution in [1.29, 1.82) is 0 Å². The zero-order chi connectivity index (χ0) is 14.7. The van der Waals surface area contributed by atoms with E-state index in [4.69, 9.17) is 16.7 Å². The molecule has 3 saturated carbocycles. The second kappa shape index (κ2) is 4.01. The first-order valence-corrected chi connectivity index (χ1v) is 7.20. The van der Waals surface area contributed by atoms with Crippen LogP contribution in [0, 0.1) is 0 Å². The minimum absolute atomic E-state index is 0.0557. The lowest BCUT2D eigenvalue weighted by molar-refractivity contribution is -0.132. The van der Waals surface area contributed by atoms with Gasteiger partial charge in [0, 0.05) is 16.8 Å². The van der Waals surface area contributed by atoms with Crippen molar-refractivity contribution in [3.8, 4) is 11.3 Å². The summed E-state index contributed by atoms with van der Waals surface area (Å²) >= 11 is 5.89. The largest absolute Gasteiger partial charge is 0.465 e. The monoisotopic (exact) mass is 303 g/mol. The molecule has 1 aromatic heterocycles. The van der Waals surface area contributed by atoms with Crippen molar-refractivity contribution in [3.63, 3.8) is 0 Å². The molecule has 2 N–H and O–H groups in total. The van der Waals surface area contributed by atoms with Crippen LogP contribution in [0.2, 0.25) is 5.02 Å². The minimum Gasteiger partial charge on any atom is -0.465 e. The second-order valence-corrected chi connectivity index (χ2v) is 6.57. The Labute approximate surface area is 126 Å². The van der Waals surface area contributed by atoms with Crippen LogP contribution in [0.3, 0.4) is 0 Å². The zero-order valence-corrected chi connectivity index (χ0v) is 12.0. The zero-order valence-electron chi connectivity index (χ0n) is 11.2. The van der Waals surface area contributed by atoms with Crippen molar-refractivity contribution in [2.24, 2.45) is 0 Å². The van der Waals surface area contributed by atoms with Crippen LogP contribution in [0.1, 0.15) is 19.3 Å². The summed E-state index contributed by atoms with van der Waals surface area (Å²) in [6.07, 6.45) is 5.49. The van der Waals surface area contributed by atoms with Crippen LogP contribution in [0.25, 0.3) is 11.3 Å². The van der Waals surface area contributed by atoms with Crippen molar-refractivity contribution >= 4 is 17.7 Å². The van der Waals surface area contributed by atoms with E-state index < -0.39 is 6.09 Å². The minimum atomic E-state index is -0.934. The van der Waals surface area contributed by atoms with Crippen molar-refractivity contribution in [2.45, 2.75) is 30.3 Å². The van der Waals surface area contributed by atoms with Gasteiger partial charge in [0.2, 0.25) is 0 Å². The van der Waals surface area contributed by atoms with Gasteiger partial charge in [-0.05, 0) is 31.4 Å². The summed E-state index contributed by atoms with van der Waals surface area (Å²) in [6, 6.07) is 7.60. The van der Waals surface area contributed by atoms with Gasteiger partial charge in [-0.1, -0.05) is 23.7 Å². The van der Waals surface area contributed by atoms with Gasteiger partial charge < -0.3 is 15.0 Å². The van der Waals surface area contributed by atoms with Crippen LogP contribution < -0.4 is 5.32 Å². The first-order chi connectivity index (χ1) is 10.0. The molecule has 5 nitrogen and oxygen atoms in total. The number of aromatic nitrogens is 2. The Balaban J connectivity index is 1.52. The van der Waals surface area contributed by atoms with Gasteiger partial charge in [0.05, 0.1) is 23.1 Å². The van der Waals surface area contributed by atoms with E-state index in [9.17, 15) is 4.79 Å². The number of imidazole rings is 1. The summed E-state index contributed by atoms with van der Waals surface area (Å²) in [5.74, 6) is 0. The van der Waals surface area contributed by atoms with Crippen molar-refractivity contribution in [1.82, 2.24) is 14.9 Å². The van der Waals surface area contributed by atoms with Crippen LogP contribution in [-0.2, 0) is 5.54 Å². The van der Waals surface area contributed by atoms with Gasteiger partial charge in [-0.3, -0.25) is 0 Å². The molecule has 2 bridgehead atoms. The molecule has 5 rings (SSSR count). The highest BCUT2D eigenvalue weighted by Gasteiger charge is 2.69. The molecule has 3 fully saturated rings. The number of amides is 1. The Morgan fingerprint density at radius 3 is 2.57 bits per heavy atom. The predicted molar refractivity (Wildman–Crippen MR) is 78.4 cm³/mol. The van der Waals surface area contributed by atoms with E-state index in [0.29, 0.717) is 5.02 Å². The van der Waals surface area contributed by atoms with E-state index in [0.717, 1.165) is 30.5 Å². The number of benzene rings is 1. The topological polar surface area (TPSA) is 67.2 Å². The lowest BCUT2D eigenvalue weighted by Gasteiger charge is -2.70. The number of halogens is 1. The lowest BCUT2D eigenvalue weighted by atomic mass is 9.44. The third-order valence-corrected chi connectivity index (χ3v) is 4.90. The van der Waals surface area contributed by atoms with E-state index in [1.54, 1.807) is 0 Å². The number of nitrogens with zero attached hydrogens (tertiary/aromatic N) is 2. The highest BCUT2D eigenvalue weighted by atomic mass is 35.5. The third kappa shape index (κ3) is 1.84. The quantitative estimate of drug-likeness (QED) is 0.915. The molecule has 2 aromatic rings. The maximum Gasteiger partial charge on any atom is 0.405 e. The highest BCUT2D eigenvalue weighted by Crippen LogP contribution is 2.65. The lowest BCUT2D eigenvalue weighted by Crippen LogP contribution is -2.78. The molecule has 3 aliphatic rings. The maximum absolute atomic E-state index is 10.7. The van der Waals surface area contributed by atoms with Crippen LogP contribution in [-0.4, -0.2) is 26.3 Å². The average molecular weight is 304 g/mol. The van der Waals surface area contributed by atoms with Gasteiger partial charge in [0.1, 0.15) is 0 Å². The molecule has 1 heterocycles. The number of nitrogens with one attached hydrogen (secondary N) is 1. The molecule has 0 saturated heterocycles. The van der Waals surface area contributed by atoms with E-state index in [2.05, 4.69) is 14.9 Å². The number of carbonyl (C=O) groups is 1. The fourth-order valence-electron chi connectivity index (χ4n) is 3.72. The van der Waals surface area contributed by atoms with E-state index in [-0.39, 0.29) is 11.1 Å². The van der Waals surface area contributed by atoms with Gasteiger partial charge >= 0.3 is 6.09 Å². The van der Waals surface area contributed by atoms with E-state index in [1.165, 1.54) is 0 Å². The van der Waals surface area contributed by atoms with Crippen LogP contribution in [0.5, 0.6) is 0 Å². The molecule has 0 atom stereocenters. The van der Waals surface area contributed by atoms with Crippen LogP contribution >= 0.6 is 11.6 Å². The maximum atomic E-state index is 10.7. The Kier molecular flexibility index (Phi) is 2.43. The summed E-state index contributed by atoms with van der Waals surface area (Å²) < 4.78 is 2.13. The summed E-state index contributed by atoms with van der Waals surface area (Å²) in [5.41, 5.74) is 1.80. The Bertz CT molecular complexity index is 703. The molecule has 0 unspecified atom stereocenters. The van der Waals surface area contributed by atoms with Crippen LogP contribution in [0.4, 0.5) is 4.79 Å². The fourth-order valence-corrected chi connectivity index (χ4v) is 3.85. The van der Waals surface area contributed by atoms with Gasteiger partial charge in [0.25, 0.3) is 0 Å². The number of carboxylic acid groups (broad SMARTS) is 1. The van der Waals surface area contributed by atoms with Gasteiger partial charge in [0.15, 0.2) is 0 Å². The standard InChI is InChI=1S/C15H14ClN3O2/c16-11-3-1-10(2-4-11)12-5-19(9-17-12)15-6-14(7-15,8-15)18-13(20)21/h1-5,9,18H,6-8H2,(H,20,21). The highest BCUT2D eigenvalue weighted by molar-refractivity contribution is 6.30. The van der Waals surface area contributed by atoms with E-state index >= 15 is 0 Å². The molecule has 3 aliphatic carbocycles.